The summed E-state index contributed by atoms with van der Waals surface area (Å²) in [4.78, 5) is 13.2. The molecule has 1 aromatic rings. The fraction of sp³-hybridized carbons (Fsp3) is 0.615. The van der Waals surface area contributed by atoms with Crippen LogP contribution in [0.3, 0.4) is 0 Å². The van der Waals surface area contributed by atoms with Crippen LogP contribution in [0.5, 0.6) is 0 Å². The number of unbranched alkanes of at least 4 members (excludes halogenated alkanes) is 1. The Hall–Kier alpha value is -1.86. The maximum Gasteiger partial charge on any atom is 0.433 e. The quantitative estimate of drug-likeness (QED) is 0.464. The maximum atomic E-state index is 12.6. The molecule has 0 aliphatic carbocycles. The van der Waals surface area contributed by atoms with E-state index in [0.29, 0.717) is 24.7 Å². The molecule has 5 nitrogen and oxygen atoms in total. The number of nitro groups is 1. The molecule has 118 valence electrons. The second kappa shape index (κ2) is 7.24. The minimum absolute atomic E-state index is 0.146. The first-order chi connectivity index (χ1) is 9.71. The zero-order valence-corrected chi connectivity index (χ0v) is 11.9. The first-order valence-corrected chi connectivity index (χ1v) is 6.67. The zero-order valence-electron chi connectivity index (χ0n) is 11.9. The van der Waals surface area contributed by atoms with Crippen molar-refractivity contribution in [3.05, 3.63) is 28.1 Å². The van der Waals surface area contributed by atoms with Gasteiger partial charge in [0.05, 0.1) is 4.92 Å². The Morgan fingerprint density at radius 1 is 1.38 bits per heavy atom. The van der Waals surface area contributed by atoms with Crippen molar-refractivity contribution in [1.29, 1.82) is 0 Å². The van der Waals surface area contributed by atoms with Gasteiger partial charge in [0.25, 0.3) is 0 Å². The molecule has 1 aromatic heterocycles. The number of alkyl halides is 3. The van der Waals surface area contributed by atoms with Crippen LogP contribution in [0.4, 0.5) is 24.5 Å². The number of hydrogen-bond donors (Lipinski definition) is 1. The lowest BCUT2D eigenvalue weighted by molar-refractivity contribution is -0.384. The smallest absolute Gasteiger partial charge is 0.379 e. The molecule has 0 aliphatic heterocycles. The van der Waals surface area contributed by atoms with Gasteiger partial charge in [0.15, 0.2) is 0 Å². The van der Waals surface area contributed by atoms with Crippen molar-refractivity contribution in [3.8, 4) is 0 Å². The van der Waals surface area contributed by atoms with Gasteiger partial charge in [-0.25, -0.2) is 4.98 Å². The highest BCUT2D eigenvalue weighted by Crippen LogP contribution is 2.32. The summed E-state index contributed by atoms with van der Waals surface area (Å²) >= 11 is 0. The van der Waals surface area contributed by atoms with Crippen molar-refractivity contribution in [1.82, 2.24) is 4.98 Å². The lowest BCUT2D eigenvalue weighted by Gasteiger charge is -2.10. The standard InChI is InChI=1S/C13H18F3N3O2/c1-9(2)5-3-4-6-17-10-7-12(13(14,15)16)18-8-11(10)19(20)21/h7-9H,3-6H2,1-2H3,(H,17,18). The SMILES string of the molecule is CC(C)CCCCNc1cc(C(F)(F)F)ncc1[N+](=O)[O-]. The molecule has 0 amide bonds. The number of nitrogens with one attached hydrogen (secondary N) is 1. The first-order valence-electron chi connectivity index (χ1n) is 6.67. The molecule has 0 fully saturated rings. The third-order valence-electron chi connectivity index (χ3n) is 2.89. The normalized spacial score (nSPS) is 11.7. The van der Waals surface area contributed by atoms with Crippen LogP contribution in [0.25, 0.3) is 0 Å². The third-order valence-corrected chi connectivity index (χ3v) is 2.89. The predicted molar refractivity (Wildman–Crippen MR) is 73.1 cm³/mol. The number of nitrogens with zero attached hydrogens (tertiary/aromatic N) is 2. The van der Waals surface area contributed by atoms with Gasteiger partial charge in [-0.1, -0.05) is 26.7 Å². The lowest BCUT2D eigenvalue weighted by Crippen LogP contribution is -2.11. The van der Waals surface area contributed by atoms with Crippen molar-refractivity contribution >= 4 is 11.4 Å². The van der Waals surface area contributed by atoms with E-state index in [9.17, 15) is 23.3 Å². The Morgan fingerprint density at radius 3 is 2.57 bits per heavy atom. The van der Waals surface area contributed by atoms with E-state index in [-0.39, 0.29) is 5.69 Å². The van der Waals surface area contributed by atoms with Crippen LogP contribution in [0.1, 0.15) is 38.8 Å². The first kappa shape index (κ1) is 17.2. The van der Waals surface area contributed by atoms with E-state index >= 15 is 0 Å². The van der Waals surface area contributed by atoms with Gasteiger partial charge >= 0.3 is 11.9 Å². The van der Waals surface area contributed by atoms with Gasteiger partial charge in [-0.2, -0.15) is 13.2 Å². The molecule has 0 unspecified atom stereocenters. The van der Waals surface area contributed by atoms with Crippen LogP contribution >= 0.6 is 0 Å². The van der Waals surface area contributed by atoms with Crippen LogP contribution in [-0.2, 0) is 6.18 Å². The number of rotatable bonds is 7. The number of pyridine rings is 1. The Bertz CT molecular complexity index is 490. The summed E-state index contributed by atoms with van der Waals surface area (Å²) in [5.74, 6) is 0.553. The molecule has 0 radical (unpaired) electrons. The predicted octanol–water partition coefficient (Wildman–Crippen LogP) is 4.25. The lowest BCUT2D eigenvalue weighted by atomic mass is 10.1. The van der Waals surface area contributed by atoms with Crippen molar-refractivity contribution in [2.45, 2.75) is 39.3 Å². The molecular formula is C13H18F3N3O2. The van der Waals surface area contributed by atoms with Crippen molar-refractivity contribution < 1.29 is 18.1 Å². The second-order valence-corrected chi connectivity index (χ2v) is 5.16. The molecule has 0 spiro atoms. The van der Waals surface area contributed by atoms with Gasteiger partial charge in [0.2, 0.25) is 0 Å². The molecule has 1 heterocycles. The number of aromatic nitrogens is 1. The van der Waals surface area contributed by atoms with E-state index < -0.39 is 22.5 Å². The molecule has 0 bridgehead atoms. The number of hydrogen-bond acceptors (Lipinski definition) is 4. The topological polar surface area (TPSA) is 68.1 Å². The summed E-state index contributed by atoms with van der Waals surface area (Å²) in [6.07, 6.45) is -1.33. The molecule has 0 saturated carbocycles. The zero-order chi connectivity index (χ0) is 16.0. The Balaban J connectivity index is 2.75. The van der Waals surface area contributed by atoms with E-state index in [1.54, 1.807) is 0 Å². The third kappa shape index (κ3) is 5.57. The van der Waals surface area contributed by atoms with Gasteiger partial charge in [-0.3, -0.25) is 10.1 Å². The number of anilines is 1. The highest BCUT2D eigenvalue weighted by Gasteiger charge is 2.34. The van der Waals surface area contributed by atoms with E-state index in [1.807, 2.05) is 0 Å². The van der Waals surface area contributed by atoms with Crippen LogP contribution in [0, 0.1) is 16.0 Å². The van der Waals surface area contributed by atoms with Gasteiger partial charge < -0.3 is 5.32 Å². The highest BCUT2D eigenvalue weighted by molar-refractivity contribution is 5.61. The molecule has 0 aromatic carbocycles. The minimum Gasteiger partial charge on any atom is -0.379 e. The molecule has 21 heavy (non-hydrogen) atoms. The largest absolute Gasteiger partial charge is 0.433 e. The molecular weight excluding hydrogens is 287 g/mol. The maximum absolute atomic E-state index is 12.6. The summed E-state index contributed by atoms with van der Waals surface area (Å²) in [6, 6.07) is 0.681. The van der Waals surface area contributed by atoms with Crippen LogP contribution in [0.2, 0.25) is 0 Å². The molecule has 0 aliphatic rings. The monoisotopic (exact) mass is 305 g/mol. The highest BCUT2D eigenvalue weighted by atomic mass is 19.4. The Kier molecular flexibility index (Phi) is 5.92. The van der Waals surface area contributed by atoms with Crippen LogP contribution < -0.4 is 5.32 Å². The average molecular weight is 305 g/mol. The van der Waals surface area contributed by atoms with Crippen molar-refractivity contribution in [2.75, 3.05) is 11.9 Å². The number of halogens is 3. The molecule has 0 atom stereocenters. The summed E-state index contributed by atoms with van der Waals surface area (Å²) in [5.41, 5.74) is -1.74. The van der Waals surface area contributed by atoms with E-state index in [1.165, 1.54) is 0 Å². The van der Waals surface area contributed by atoms with Gasteiger partial charge in [-0.05, 0) is 18.4 Å². The average Bonchev–Trinajstić information content (AvgIpc) is 2.36. The Morgan fingerprint density at radius 2 is 2.05 bits per heavy atom. The second-order valence-electron chi connectivity index (χ2n) is 5.16. The van der Waals surface area contributed by atoms with Crippen molar-refractivity contribution in [2.24, 2.45) is 5.92 Å². The van der Waals surface area contributed by atoms with Gasteiger partial charge in [0.1, 0.15) is 17.6 Å². The fourth-order valence-corrected chi connectivity index (χ4v) is 1.79. The Labute approximate surface area is 120 Å². The summed E-state index contributed by atoms with van der Waals surface area (Å²) in [6.45, 7) is 4.54. The molecule has 1 N–H and O–H groups in total. The van der Waals surface area contributed by atoms with Crippen LogP contribution in [0.15, 0.2) is 12.3 Å². The molecule has 0 saturated heterocycles. The van der Waals surface area contributed by atoms with Crippen molar-refractivity contribution in [3.63, 3.8) is 0 Å². The van der Waals surface area contributed by atoms with Gasteiger partial charge in [0, 0.05) is 6.54 Å². The summed E-state index contributed by atoms with van der Waals surface area (Å²) < 4.78 is 37.7. The van der Waals surface area contributed by atoms with E-state index in [2.05, 4.69) is 24.1 Å². The fourth-order valence-electron chi connectivity index (χ4n) is 1.79. The summed E-state index contributed by atoms with van der Waals surface area (Å²) in [7, 11) is 0. The van der Waals surface area contributed by atoms with Crippen LogP contribution in [-0.4, -0.2) is 16.5 Å². The van der Waals surface area contributed by atoms with E-state index in [0.717, 1.165) is 19.3 Å². The summed E-state index contributed by atoms with van der Waals surface area (Å²) in [5, 5.41) is 13.5. The molecule has 1 rings (SSSR count). The minimum atomic E-state index is -4.62. The molecule has 8 heteroatoms. The van der Waals surface area contributed by atoms with Gasteiger partial charge in [-0.15, -0.1) is 0 Å². The van der Waals surface area contributed by atoms with E-state index in [4.69, 9.17) is 0 Å².